The minimum Gasteiger partial charge on any atom is -0.492 e. The van der Waals surface area contributed by atoms with E-state index in [-0.39, 0.29) is 0 Å². The summed E-state index contributed by atoms with van der Waals surface area (Å²) >= 11 is 0. The number of anilines is 2. The lowest BCUT2D eigenvalue weighted by atomic mass is 10.2. The van der Waals surface area contributed by atoms with Gasteiger partial charge in [-0.05, 0) is 25.1 Å². The molecule has 0 amide bonds. The molecule has 0 aliphatic heterocycles. The van der Waals surface area contributed by atoms with Crippen molar-refractivity contribution in [2.75, 3.05) is 11.9 Å². The lowest BCUT2D eigenvalue weighted by Gasteiger charge is -2.12. The Labute approximate surface area is 106 Å². The third-order valence-corrected chi connectivity index (χ3v) is 2.40. The van der Waals surface area contributed by atoms with Crippen LogP contribution in [0, 0.1) is 11.3 Å². The topological polar surface area (TPSA) is 57.9 Å². The fourth-order valence-electron chi connectivity index (χ4n) is 1.59. The SMILES string of the molecule is CCOc1ccccc1Nc1cnccc1C#N. The molecule has 0 saturated carbocycles. The number of hydrogen-bond donors (Lipinski definition) is 1. The molecule has 0 spiro atoms. The van der Waals surface area contributed by atoms with Crippen LogP contribution in [0.25, 0.3) is 0 Å². The summed E-state index contributed by atoms with van der Waals surface area (Å²) in [7, 11) is 0. The van der Waals surface area contributed by atoms with E-state index in [0.717, 1.165) is 11.4 Å². The predicted octanol–water partition coefficient (Wildman–Crippen LogP) is 3.10. The number of aromatic nitrogens is 1. The smallest absolute Gasteiger partial charge is 0.142 e. The van der Waals surface area contributed by atoms with Crippen LogP contribution in [-0.2, 0) is 0 Å². The quantitative estimate of drug-likeness (QED) is 0.890. The number of pyridine rings is 1. The highest BCUT2D eigenvalue weighted by Crippen LogP contribution is 2.28. The Bertz CT molecular complexity index is 575. The van der Waals surface area contributed by atoms with Crippen LogP contribution in [-0.4, -0.2) is 11.6 Å². The van der Waals surface area contributed by atoms with Crippen molar-refractivity contribution >= 4 is 11.4 Å². The second kappa shape index (κ2) is 5.69. The van der Waals surface area contributed by atoms with Crippen LogP contribution in [0.2, 0.25) is 0 Å². The summed E-state index contributed by atoms with van der Waals surface area (Å²) in [5.41, 5.74) is 2.05. The van der Waals surface area contributed by atoms with Gasteiger partial charge in [-0.3, -0.25) is 4.98 Å². The first kappa shape index (κ1) is 11.9. The second-order valence-electron chi connectivity index (χ2n) is 3.59. The van der Waals surface area contributed by atoms with E-state index in [2.05, 4.69) is 16.4 Å². The van der Waals surface area contributed by atoms with Crippen molar-refractivity contribution in [3.05, 3.63) is 48.3 Å². The molecule has 0 unspecified atom stereocenters. The van der Waals surface area contributed by atoms with Gasteiger partial charge in [-0.1, -0.05) is 12.1 Å². The molecular weight excluding hydrogens is 226 g/mol. The fourth-order valence-corrected chi connectivity index (χ4v) is 1.59. The molecule has 2 rings (SSSR count). The molecule has 90 valence electrons. The second-order valence-corrected chi connectivity index (χ2v) is 3.59. The van der Waals surface area contributed by atoms with Crippen molar-refractivity contribution in [3.63, 3.8) is 0 Å². The van der Waals surface area contributed by atoms with Gasteiger partial charge in [0.05, 0.1) is 29.7 Å². The van der Waals surface area contributed by atoms with Crippen LogP contribution in [0.4, 0.5) is 11.4 Å². The maximum Gasteiger partial charge on any atom is 0.142 e. The zero-order valence-electron chi connectivity index (χ0n) is 10.1. The molecule has 1 aromatic heterocycles. The lowest BCUT2D eigenvalue weighted by molar-refractivity contribution is 0.342. The van der Waals surface area contributed by atoms with E-state index < -0.39 is 0 Å². The number of hydrogen-bond acceptors (Lipinski definition) is 4. The number of benzene rings is 1. The summed E-state index contributed by atoms with van der Waals surface area (Å²) in [5.74, 6) is 0.757. The van der Waals surface area contributed by atoms with Crippen LogP contribution < -0.4 is 10.1 Å². The highest BCUT2D eigenvalue weighted by Gasteiger charge is 2.06. The van der Waals surface area contributed by atoms with Crippen molar-refractivity contribution in [2.24, 2.45) is 0 Å². The molecule has 0 aliphatic carbocycles. The summed E-state index contributed by atoms with van der Waals surface area (Å²) in [6, 6.07) is 11.4. The number of nitrogens with one attached hydrogen (secondary N) is 1. The molecule has 1 heterocycles. The number of para-hydroxylation sites is 2. The van der Waals surface area contributed by atoms with Gasteiger partial charge in [0, 0.05) is 6.20 Å². The molecule has 1 aromatic carbocycles. The lowest BCUT2D eigenvalue weighted by Crippen LogP contribution is -1.99. The largest absolute Gasteiger partial charge is 0.492 e. The van der Waals surface area contributed by atoms with E-state index in [1.165, 1.54) is 0 Å². The van der Waals surface area contributed by atoms with Crippen LogP contribution in [0.1, 0.15) is 12.5 Å². The normalized spacial score (nSPS) is 9.56. The van der Waals surface area contributed by atoms with Crippen LogP contribution in [0.5, 0.6) is 5.75 Å². The molecule has 0 fully saturated rings. The number of nitriles is 1. The monoisotopic (exact) mass is 239 g/mol. The minimum atomic E-state index is 0.552. The van der Waals surface area contributed by atoms with Crippen molar-refractivity contribution in [1.82, 2.24) is 4.98 Å². The van der Waals surface area contributed by atoms with Gasteiger partial charge in [-0.2, -0.15) is 5.26 Å². The van der Waals surface area contributed by atoms with E-state index in [0.29, 0.717) is 17.9 Å². The Morgan fingerprint density at radius 3 is 2.89 bits per heavy atom. The van der Waals surface area contributed by atoms with E-state index in [1.54, 1.807) is 18.5 Å². The first-order valence-electron chi connectivity index (χ1n) is 5.68. The van der Waals surface area contributed by atoms with Crippen molar-refractivity contribution < 1.29 is 4.74 Å². The van der Waals surface area contributed by atoms with Gasteiger partial charge in [0.15, 0.2) is 0 Å². The van der Waals surface area contributed by atoms with Crippen molar-refractivity contribution in [1.29, 1.82) is 5.26 Å². The molecule has 4 heteroatoms. The Morgan fingerprint density at radius 2 is 2.11 bits per heavy atom. The maximum atomic E-state index is 9.02. The van der Waals surface area contributed by atoms with E-state index >= 15 is 0 Å². The summed E-state index contributed by atoms with van der Waals surface area (Å²) in [4.78, 5) is 4.01. The van der Waals surface area contributed by atoms with E-state index in [4.69, 9.17) is 10.00 Å². The predicted molar refractivity (Wildman–Crippen MR) is 69.8 cm³/mol. The van der Waals surface area contributed by atoms with Crippen LogP contribution >= 0.6 is 0 Å². The average Bonchev–Trinajstić information content (AvgIpc) is 2.42. The van der Waals surface area contributed by atoms with Gasteiger partial charge >= 0.3 is 0 Å². The Hall–Kier alpha value is -2.54. The van der Waals surface area contributed by atoms with Crippen LogP contribution in [0.15, 0.2) is 42.7 Å². The van der Waals surface area contributed by atoms with Gasteiger partial charge in [0.25, 0.3) is 0 Å². The van der Waals surface area contributed by atoms with Crippen molar-refractivity contribution in [2.45, 2.75) is 6.92 Å². The highest BCUT2D eigenvalue weighted by molar-refractivity contribution is 5.69. The van der Waals surface area contributed by atoms with Gasteiger partial charge in [-0.25, -0.2) is 0 Å². The van der Waals surface area contributed by atoms with Gasteiger partial charge in [0.1, 0.15) is 11.8 Å². The molecule has 1 N–H and O–H groups in total. The van der Waals surface area contributed by atoms with Gasteiger partial charge in [-0.15, -0.1) is 0 Å². The first-order chi connectivity index (χ1) is 8.85. The Balaban J connectivity index is 2.31. The highest BCUT2D eigenvalue weighted by atomic mass is 16.5. The molecule has 0 saturated heterocycles. The maximum absolute atomic E-state index is 9.02. The van der Waals surface area contributed by atoms with E-state index in [9.17, 15) is 0 Å². The molecule has 0 atom stereocenters. The molecule has 4 nitrogen and oxygen atoms in total. The molecular formula is C14H13N3O. The Kier molecular flexibility index (Phi) is 3.77. The number of rotatable bonds is 4. The third-order valence-electron chi connectivity index (χ3n) is 2.40. The molecule has 18 heavy (non-hydrogen) atoms. The summed E-state index contributed by atoms with van der Waals surface area (Å²) in [6.45, 7) is 2.53. The molecule has 0 aliphatic rings. The Morgan fingerprint density at radius 1 is 1.28 bits per heavy atom. The van der Waals surface area contributed by atoms with Crippen molar-refractivity contribution in [3.8, 4) is 11.8 Å². The molecule has 0 bridgehead atoms. The van der Waals surface area contributed by atoms with Crippen LogP contribution in [0.3, 0.4) is 0 Å². The zero-order valence-corrected chi connectivity index (χ0v) is 10.1. The fraction of sp³-hybridized carbons (Fsp3) is 0.143. The third kappa shape index (κ3) is 2.58. The molecule has 2 aromatic rings. The first-order valence-corrected chi connectivity index (χ1v) is 5.68. The van der Waals surface area contributed by atoms with Gasteiger partial charge in [0.2, 0.25) is 0 Å². The standard InChI is InChI=1S/C14H13N3O/c1-2-18-14-6-4-3-5-12(14)17-13-10-16-8-7-11(13)9-15/h3-8,10,17H,2H2,1H3. The summed E-state index contributed by atoms with van der Waals surface area (Å²) in [5, 5.41) is 12.2. The number of ether oxygens (including phenoxy) is 1. The number of nitrogens with zero attached hydrogens (tertiary/aromatic N) is 2. The minimum absolute atomic E-state index is 0.552. The summed E-state index contributed by atoms with van der Waals surface area (Å²) in [6.07, 6.45) is 3.22. The van der Waals surface area contributed by atoms with E-state index in [1.807, 2.05) is 31.2 Å². The average molecular weight is 239 g/mol. The zero-order chi connectivity index (χ0) is 12.8. The van der Waals surface area contributed by atoms with Gasteiger partial charge < -0.3 is 10.1 Å². The molecule has 0 radical (unpaired) electrons. The summed E-state index contributed by atoms with van der Waals surface area (Å²) < 4.78 is 5.52.